The van der Waals surface area contributed by atoms with E-state index in [1.807, 2.05) is 0 Å². The largest absolute Gasteiger partial charge is 0.493 e. The molecule has 1 N–H and O–H groups in total. The molecule has 0 aliphatic rings. The maximum Gasteiger partial charge on any atom is 0.313 e. The number of halogens is 1. The summed E-state index contributed by atoms with van der Waals surface area (Å²) in [5, 5.41) is 12.9. The Kier molecular flexibility index (Phi) is 5.79. The van der Waals surface area contributed by atoms with Gasteiger partial charge in [0.05, 0.1) is 12.0 Å². The van der Waals surface area contributed by atoms with Crippen LogP contribution in [-0.2, 0) is 0 Å². The summed E-state index contributed by atoms with van der Waals surface area (Å²) in [4.78, 5) is 22.6. The summed E-state index contributed by atoms with van der Waals surface area (Å²) in [5.74, 6) is 0.176. The number of benzene rings is 2. The molecule has 2 aromatic rings. The van der Waals surface area contributed by atoms with Crippen LogP contribution in [-0.4, -0.2) is 37.0 Å². The van der Waals surface area contributed by atoms with E-state index in [2.05, 4.69) is 5.43 Å². The van der Waals surface area contributed by atoms with Gasteiger partial charge in [0.2, 0.25) is 5.75 Å². The molecule has 0 aromatic heterocycles. The average molecular weight is 366 g/mol. The summed E-state index contributed by atoms with van der Waals surface area (Å²) in [6.45, 7) is 0. The quantitative estimate of drug-likeness (QED) is 0.623. The van der Waals surface area contributed by atoms with Gasteiger partial charge >= 0.3 is 5.69 Å². The maximum absolute atomic E-state index is 12.0. The molecule has 25 heavy (non-hydrogen) atoms. The average Bonchev–Trinajstić information content (AvgIpc) is 2.55. The Balaban J connectivity index is 2.35. The van der Waals surface area contributed by atoms with Crippen molar-refractivity contribution >= 4 is 23.2 Å². The van der Waals surface area contributed by atoms with Gasteiger partial charge in [-0.1, -0.05) is 11.6 Å². The van der Waals surface area contributed by atoms with Crippen molar-refractivity contribution in [1.82, 2.24) is 10.4 Å². The zero-order valence-electron chi connectivity index (χ0n) is 13.8. The number of nitrogens with zero attached hydrogens (tertiary/aromatic N) is 2. The molecule has 0 saturated carbocycles. The zero-order chi connectivity index (χ0) is 18.6. The number of nitro groups is 1. The van der Waals surface area contributed by atoms with E-state index in [1.54, 1.807) is 14.1 Å². The Morgan fingerprint density at radius 1 is 1.16 bits per heavy atom. The van der Waals surface area contributed by atoms with Crippen LogP contribution in [0.15, 0.2) is 36.4 Å². The fraction of sp³-hybridized carbons (Fsp3) is 0.188. The molecule has 0 saturated heterocycles. The van der Waals surface area contributed by atoms with Crippen molar-refractivity contribution in [3.8, 4) is 17.2 Å². The fourth-order valence-electron chi connectivity index (χ4n) is 2.00. The number of nitro benzene ring substituents is 1. The van der Waals surface area contributed by atoms with Crippen molar-refractivity contribution in [3.63, 3.8) is 0 Å². The highest BCUT2D eigenvalue weighted by Gasteiger charge is 2.19. The van der Waals surface area contributed by atoms with E-state index >= 15 is 0 Å². The van der Waals surface area contributed by atoms with Crippen LogP contribution in [0.5, 0.6) is 17.2 Å². The molecule has 0 aliphatic heterocycles. The standard InChI is InChI=1S/C16H16ClN3O5/c1-19(2)18-16(21)10-4-6-14(15(8-10)24-3)25-13-7-5-11(17)9-12(13)20(22)23/h4-9H,1-3H3,(H,18,21). The number of ether oxygens (including phenoxy) is 2. The van der Waals surface area contributed by atoms with Crippen LogP contribution in [0.3, 0.4) is 0 Å². The predicted molar refractivity (Wildman–Crippen MR) is 92.3 cm³/mol. The lowest BCUT2D eigenvalue weighted by molar-refractivity contribution is -0.385. The van der Waals surface area contributed by atoms with Gasteiger partial charge in [-0.05, 0) is 30.3 Å². The lowest BCUT2D eigenvalue weighted by Gasteiger charge is -2.14. The lowest BCUT2D eigenvalue weighted by atomic mass is 10.2. The monoisotopic (exact) mass is 365 g/mol. The van der Waals surface area contributed by atoms with Crippen molar-refractivity contribution in [2.24, 2.45) is 0 Å². The molecule has 2 rings (SSSR count). The van der Waals surface area contributed by atoms with Gasteiger partial charge in [-0.15, -0.1) is 0 Å². The summed E-state index contributed by atoms with van der Waals surface area (Å²) in [7, 11) is 4.78. The van der Waals surface area contributed by atoms with Gasteiger partial charge < -0.3 is 9.47 Å². The maximum atomic E-state index is 12.0. The van der Waals surface area contributed by atoms with E-state index in [1.165, 1.54) is 48.5 Å². The predicted octanol–water partition coefficient (Wildman–Crippen LogP) is 3.26. The van der Waals surface area contributed by atoms with E-state index in [0.29, 0.717) is 5.56 Å². The van der Waals surface area contributed by atoms with Gasteiger partial charge in [0.15, 0.2) is 11.5 Å². The van der Waals surface area contributed by atoms with Gasteiger partial charge in [0, 0.05) is 30.7 Å². The van der Waals surface area contributed by atoms with Gasteiger partial charge in [0.25, 0.3) is 5.91 Å². The molecule has 0 atom stereocenters. The molecule has 0 spiro atoms. The first-order valence-corrected chi connectivity index (χ1v) is 7.47. The van der Waals surface area contributed by atoms with Crippen molar-refractivity contribution < 1.29 is 19.2 Å². The van der Waals surface area contributed by atoms with E-state index in [-0.39, 0.29) is 33.9 Å². The lowest BCUT2D eigenvalue weighted by Crippen LogP contribution is -2.36. The van der Waals surface area contributed by atoms with Crippen molar-refractivity contribution in [2.45, 2.75) is 0 Å². The highest BCUT2D eigenvalue weighted by atomic mass is 35.5. The van der Waals surface area contributed by atoms with Gasteiger partial charge in [-0.2, -0.15) is 0 Å². The molecule has 0 fully saturated rings. The number of rotatable bonds is 6. The number of hydrogen-bond acceptors (Lipinski definition) is 6. The summed E-state index contributed by atoms with van der Waals surface area (Å²) in [5.41, 5.74) is 2.68. The second-order valence-corrected chi connectivity index (χ2v) is 5.61. The second-order valence-electron chi connectivity index (χ2n) is 5.17. The number of hydrazine groups is 1. The summed E-state index contributed by atoms with van der Waals surface area (Å²) < 4.78 is 10.8. The molecule has 0 radical (unpaired) electrons. The third-order valence-electron chi connectivity index (χ3n) is 3.09. The highest BCUT2D eigenvalue weighted by Crippen LogP contribution is 2.37. The van der Waals surface area contributed by atoms with Crippen LogP contribution in [0.25, 0.3) is 0 Å². The number of nitrogens with one attached hydrogen (secondary N) is 1. The van der Waals surface area contributed by atoms with Crippen LogP contribution < -0.4 is 14.9 Å². The first-order chi connectivity index (χ1) is 11.8. The van der Waals surface area contributed by atoms with Crippen LogP contribution in [0.2, 0.25) is 5.02 Å². The number of carbonyl (C=O) groups is 1. The molecule has 132 valence electrons. The molecule has 2 aromatic carbocycles. The Morgan fingerprint density at radius 3 is 2.44 bits per heavy atom. The van der Waals surface area contributed by atoms with E-state index in [4.69, 9.17) is 21.1 Å². The minimum Gasteiger partial charge on any atom is -0.493 e. The summed E-state index contributed by atoms with van der Waals surface area (Å²) in [6, 6.07) is 8.58. The molecule has 8 nitrogen and oxygen atoms in total. The van der Waals surface area contributed by atoms with Crippen molar-refractivity contribution in [3.05, 3.63) is 57.1 Å². The number of amides is 1. The van der Waals surface area contributed by atoms with Crippen LogP contribution in [0.1, 0.15) is 10.4 Å². The Hall–Kier alpha value is -2.84. The minimum atomic E-state index is -0.591. The van der Waals surface area contributed by atoms with Gasteiger partial charge in [0.1, 0.15) is 0 Å². The van der Waals surface area contributed by atoms with Crippen molar-refractivity contribution in [1.29, 1.82) is 0 Å². The molecule has 1 amide bonds. The first kappa shape index (κ1) is 18.5. The Bertz CT molecular complexity index is 810. The zero-order valence-corrected chi connectivity index (χ0v) is 14.5. The molecule has 0 aliphatic carbocycles. The smallest absolute Gasteiger partial charge is 0.313 e. The molecular formula is C16H16ClN3O5. The molecule has 0 bridgehead atoms. The fourth-order valence-corrected chi connectivity index (χ4v) is 2.17. The normalized spacial score (nSPS) is 10.4. The molecule has 9 heteroatoms. The molecule has 0 heterocycles. The number of carbonyl (C=O) groups excluding carboxylic acids is 1. The Labute approximate surface area is 149 Å². The molecular weight excluding hydrogens is 350 g/mol. The molecule has 0 unspecified atom stereocenters. The summed E-state index contributed by atoms with van der Waals surface area (Å²) >= 11 is 5.79. The van der Waals surface area contributed by atoms with E-state index in [0.717, 1.165) is 0 Å². The number of hydrogen-bond donors (Lipinski definition) is 1. The SMILES string of the molecule is COc1cc(C(=O)NN(C)C)ccc1Oc1ccc(Cl)cc1[N+](=O)[O-]. The topological polar surface area (TPSA) is 93.9 Å². The highest BCUT2D eigenvalue weighted by molar-refractivity contribution is 6.30. The third-order valence-corrected chi connectivity index (χ3v) is 3.32. The van der Waals surface area contributed by atoms with Crippen LogP contribution in [0, 0.1) is 10.1 Å². The van der Waals surface area contributed by atoms with Gasteiger partial charge in [-0.25, -0.2) is 5.01 Å². The van der Waals surface area contributed by atoms with Crippen LogP contribution in [0.4, 0.5) is 5.69 Å². The Morgan fingerprint density at radius 2 is 1.84 bits per heavy atom. The van der Waals surface area contributed by atoms with Crippen molar-refractivity contribution in [2.75, 3.05) is 21.2 Å². The summed E-state index contributed by atoms with van der Waals surface area (Å²) in [6.07, 6.45) is 0. The van der Waals surface area contributed by atoms with E-state index < -0.39 is 4.92 Å². The van der Waals surface area contributed by atoms with Crippen LogP contribution >= 0.6 is 11.6 Å². The third kappa shape index (κ3) is 4.59. The first-order valence-electron chi connectivity index (χ1n) is 7.10. The number of methoxy groups -OCH3 is 1. The second kappa shape index (κ2) is 7.82. The minimum absolute atomic E-state index is 0.0122. The van der Waals surface area contributed by atoms with Gasteiger partial charge in [-0.3, -0.25) is 20.3 Å². The van der Waals surface area contributed by atoms with E-state index in [9.17, 15) is 14.9 Å².